The lowest BCUT2D eigenvalue weighted by Crippen LogP contribution is -2.47. The largest absolute Gasteiger partial charge is 0.462 e. The van der Waals surface area contributed by atoms with Crippen molar-refractivity contribution in [2.24, 2.45) is 5.16 Å². The van der Waals surface area contributed by atoms with E-state index in [1.54, 1.807) is 6.92 Å². The van der Waals surface area contributed by atoms with Crippen LogP contribution >= 0.6 is 11.6 Å². The van der Waals surface area contributed by atoms with Crippen molar-refractivity contribution >= 4 is 34.9 Å². The molecule has 3 atom stereocenters. The number of hydrogen-bond donors (Lipinski definition) is 3. The van der Waals surface area contributed by atoms with Crippen LogP contribution in [0.15, 0.2) is 46.1 Å². The van der Waals surface area contributed by atoms with Crippen LogP contribution in [0.3, 0.4) is 0 Å². The SMILES string of the molecule is CCOC(=O)C(=N)CC(O)NC(=O)c1ccc(C2=NOC(C3=CCC(F)C(Cl)=C3)(C(F)(F)F)C2)cc1C. The molecule has 0 aromatic heterocycles. The number of nitrogens with zero attached hydrogens (tertiary/aromatic N) is 1. The molecule has 2 aliphatic rings. The number of amides is 1. The number of carbonyl (C=O) groups excluding carboxylic acids is 2. The average Bonchev–Trinajstić information content (AvgIpc) is 3.28. The maximum absolute atomic E-state index is 14.1. The van der Waals surface area contributed by atoms with Gasteiger partial charge in [-0.3, -0.25) is 10.2 Å². The van der Waals surface area contributed by atoms with Gasteiger partial charge in [0, 0.05) is 30.4 Å². The lowest BCUT2D eigenvalue weighted by Gasteiger charge is -2.32. The van der Waals surface area contributed by atoms with Crippen molar-refractivity contribution in [3.05, 3.63) is 57.6 Å². The first-order valence-electron chi connectivity index (χ1n) is 11.2. The molecule has 3 rings (SSSR count). The minimum atomic E-state index is -4.89. The molecule has 13 heteroatoms. The minimum absolute atomic E-state index is 0.0388. The lowest BCUT2D eigenvalue weighted by molar-refractivity contribution is -0.252. The van der Waals surface area contributed by atoms with Gasteiger partial charge in [0.1, 0.15) is 18.1 Å². The Balaban J connectivity index is 1.75. The molecule has 3 unspecified atom stereocenters. The molecule has 200 valence electrons. The van der Waals surface area contributed by atoms with E-state index in [9.17, 15) is 32.3 Å². The number of hydrogen-bond acceptors (Lipinski definition) is 7. The van der Waals surface area contributed by atoms with Crippen molar-refractivity contribution in [1.82, 2.24) is 5.32 Å². The molecule has 1 aromatic carbocycles. The van der Waals surface area contributed by atoms with E-state index in [0.29, 0.717) is 5.56 Å². The van der Waals surface area contributed by atoms with Gasteiger partial charge in [0.2, 0.25) is 0 Å². The van der Waals surface area contributed by atoms with Gasteiger partial charge in [-0.2, -0.15) is 13.2 Å². The summed E-state index contributed by atoms with van der Waals surface area (Å²) >= 11 is 5.76. The number of aliphatic hydroxyl groups is 1. The van der Waals surface area contributed by atoms with Crippen molar-refractivity contribution in [2.45, 2.75) is 57.3 Å². The monoisotopic (exact) mass is 545 g/mol. The molecule has 0 saturated heterocycles. The highest BCUT2D eigenvalue weighted by Crippen LogP contribution is 2.48. The van der Waals surface area contributed by atoms with Crippen LogP contribution in [0.2, 0.25) is 0 Å². The van der Waals surface area contributed by atoms with Crippen LogP contribution in [0.5, 0.6) is 0 Å². The summed E-state index contributed by atoms with van der Waals surface area (Å²) in [7, 11) is 0. The van der Waals surface area contributed by atoms with E-state index in [1.807, 2.05) is 0 Å². The number of halogens is 5. The summed E-state index contributed by atoms with van der Waals surface area (Å²) in [4.78, 5) is 29.0. The molecule has 37 heavy (non-hydrogen) atoms. The highest BCUT2D eigenvalue weighted by molar-refractivity contribution is 6.35. The summed E-state index contributed by atoms with van der Waals surface area (Å²) in [6.07, 6.45) is -7.52. The van der Waals surface area contributed by atoms with Gasteiger partial charge in [0.25, 0.3) is 11.5 Å². The smallest absolute Gasteiger partial charge is 0.435 e. The molecule has 1 heterocycles. The number of allylic oxidation sites excluding steroid dienone is 2. The van der Waals surface area contributed by atoms with Crippen molar-refractivity contribution in [3.63, 3.8) is 0 Å². The molecular formula is C24H24ClF4N3O5. The fourth-order valence-corrected chi connectivity index (χ4v) is 4.06. The van der Waals surface area contributed by atoms with Gasteiger partial charge in [-0.1, -0.05) is 28.9 Å². The fraction of sp³-hybridized carbons (Fsp3) is 0.417. The number of aliphatic hydroxyl groups excluding tert-OH is 1. The summed E-state index contributed by atoms with van der Waals surface area (Å²) in [6.45, 7) is 3.14. The zero-order valence-corrected chi connectivity index (χ0v) is 20.5. The van der Waals surface area contributed by atoms with Crippen LogP contribution in [0.1, 0.15) is 47.7 Å². The number of benzene rings is 1. The Labute approximate surface area is 214 Å². The molecule has 0 saturated carbocycles. The van der Waals surface area contributed by atoms with Gasteiger partial charge < -0.3 is 20.0 Å². The van der Waals surface area contributed by atoms with E-state index in [-0.39, 0.29) is 40.5 Å². The normalized spacial score (nSPS) is 22.3. The number of carbonyl (C=O) groups is 2. The Hall–Kier alpha value is -3.25. The number of ether oxygens (including phenoxy) is 1. The second kappa shape index (κ2) is 11.0. The third kappa shape index (κ3) is 6.02. The third-order valence-electron chi connectivity index (χ3n) is 5.81. The van der Waals surface area contributed by atoms with Crippen molar-refractivity contribution in [2.75, 3.05) is 6.61 Å². The summed E-state index contributed by atoms with van der Waals surface area (Å²) in [6, 6.07) is 4.15. The van der Waals surface area contributed by atoms with Gasteiger partial charge in [0.15, 0.2) is 0 Å². The van der Waals surface area contributed by atoms with E-state index < -0.39 is 54.6 Å². The van der Waals surface area contributed by atoms with Gasteiger partial charge in [0.05, 0.1) is 17.4 Å². The molecule has 0 fully saturated rings. The lowest BCUT2D eigenvalue weighted by atomic mass is 9.83. The maximum Gasteiger partial charge on any atom is 0.435 e. The zero-order chi connectivity index (χ0) is 27.5. The van der Waals surface area contributed by atoms with Gasteiger partial charge in [-0.15, -0.1) is 0 Å². The maximum atomic E-state index is 14.1. The Morgan fingerprint density at radius 3 is 2.70 bits per heavy atom. The zero-order valence-electron chi connectivity index (χ0n) is 19.8. The summed E-state index contributed by atoms with van der Waals surface area (Å²) in [5.41, 5.74) is -3.02. The van der Waals surface area contributed by atoms with Gasteiger partial charge in [-0.05, 0) is 43.2 Å². The first kappa shape index (κ1) is 28.3. The standard InChI is InChI=1S/C24H24ClF4N3O5/c1-3-36-22(35)18(30)10-20(33)31-21(34)15-6-4-13(8-12(15)2)19-11-23(37-32-19,24(27,28)29)14-5-7-17(26)16(25)9-14/h4-6,8-9,17,20,30,33H,3,7,10-11H2,1-2H3,(H,31,34). The second-order valence-corrected chi connectivity index (χ2v) is 8.88. The van der Waals surface area contributed by atoms with Crippen LogP contribution in [0.4, 0.5) is 17.6 Å². The fourth-order valence-electron chi connectivity index (χ4n) is 3.85. The number of alkyl halides is 4. The van der Waals surface area contributed by atoms with Crippen LogP contribution in [0.25, 0.3) is 0 Å². The van der Waals surface area contributed by atoms with Crippen LogP contribution in [0, 0.1) is 12.3 Å². The Kier molecular flexibility index (Phi) is 8.43. The number of esters is 1. The minimum Gasteiger partial charge on any atom is -0.462 e. The summed E-state index contributed by atoms with van der Waals surface area (Å²) < 4.78 is 60.8. The van der Waals surface area contributed by atoms with E-state index in [4.69, 9.17) is 21.8 Å². The highest BCUT2D eigenvalue weighted by atomic mass is 35.5. The third-order valence-corrected chi connectivity index (χ3v) is 6.16. The number of rotatable bonds is 8. The molecule has 8 nitrogen and oxygen atoms in total. The Bertz CT molecular complexity index is 1200. The quantitative estimate of drug-likeness (QED) is 0.195. The summed E-state index contributed by atoms with van der Waals surface area (Å²) in [5, 5.41) is 23.1. The van der Waals surface area contributed by atoms with E-state index >= 15 is 0 Å². The predicted molar refractivity (Wildman–Crippen MR) is 126 cm³/mol. The van der Waals surface area contributed by atoms with Crippen LogP contribution in [-0.2, 0) is 14.4 Å². The number of oxime groups is 1. The Morgan fingerprint density at radius 2 is 2.11 bits per heavy atom. The molecule has 0 radical (unpaired) electrons. The number of nitrogens with one attached hydrogen (secondary N) is 2. The molecule has 1 amide bonds. The van der Waals surface area contributed by atoms with Crippen molar-refractivity contribution in [3.8, 4) is 0 Å². The molecule has 0 spiro atoms. The second-order valence-electron chi connectivity index (χ2n) is 8.44. The highest BCUT2D eigenvalue weighted by Gasteiger charge is 2.63. The average molecular weight is 546 g/mol. The van der Waals surface area contributed by atoms with Gasteiger partial charge >= 0.3 is 12.1 Å². The first-order chi connectivity index (χ1) is 17.3. The molecule has 1 aliphatic heterocycles. The Morgan fingerprint density at radius 1 is 1.41 bits per heavy atom. The molecule has 1 aromatic rings. The number of aryl methyl sites for hydroxylation is 1. The first-order valence-corrected chi connectivity index (χ1v) is 11.5. The van der Waals surface area contributed by atoms with Crippen LogP contribution in [-0.4, -0.2) is 59.2 Å². The van der Waals surface area contributed by atoms with Gasteiger partial charge in [-0.25, -0.2) is 9.18 Å². The van der Waals surface area contributed by atoms with E-state index in [2.05, 4.69) is 15.2 Å². The van der Waals surface area contributed by atoms with Crippen molar-refractivity contribution < 1.29 is 41.8 Å². The molecule has 3 N–H and O–H groups in total. The van der Waals surface area contributed by atoms with E-state index in [1.165, 1.54) is 25.1 Å². The molecule has 1 aliphatic carbocycles. The molecule has 0 bridgehead atoms. The topological polar surface area (TPSA) is 121 Å². The van der Waals surface area contributed by atoms with Crippen LogP contribution < -0.4 is 5.32 Å². The van der Waals surface area contributed by atoms with E-state index in [0.717, 1.165) is 12.2 Å². The summed E-state index contributed by atoms with van der Waals surface area (Å²) in [5.74, 6) is -1.65. The van der Waals surface area contributed by atoms with Crippen molar-refractivity contribution in [1.29, 1.82) is 5.41 Å². The molecular weight excluding hydrogens is 522 g/mol. The predicted octanol–water partition coefficient (Wildman–Crippen LogP) is 4.23.